The number of phenols is 1. The normalized spacial score (nSPS) is 9.93. The zero-order valence-electron chi connectivity index (χ0n) is 7.04. The number of ether oxygens (including phenoxy) is 1. The zero-order valence-corrected chi connectivity index (χ0v) is 7.80. The van der Waals surface area contributed by atoms with Crippen LogP contribution in [-0.4, -0.2) is 23.3 Å². The Balaban J connectivity index is 3.53. The number of phenolic OH excluding ortho intramolecular Hbond substituents is 1. The molecular formula is C8H6ClFO4. The molecule has 2 N–H and O–H groups in total. The van der Waals surface area contributed by atoms with Crippen LogP contribution in [0.3, 0.4) is 0 Å². The Hall–Kier alpha value is -1.49. The first kappa shape index (κ1) is 10.6. The molecule has 0 aliphatic rings. The summed E-state index contributed by atoms with van der Waals surface area (Å²) >= 11 is 5.52. The van der Waals surface area contributed by atoms with Crippen LogP contribution in [0.4, 0.5) is 4.39 Å². The molecule has 0 fully saturated rings. The van der Waals surface area contributed by atoms with E-state index in [1.807, 2.05) is 0 Å². The third-order valence-corrected chi connectivity index (χ3v) is 1.96. The summed E-state index contributed by atoms with van der Waals surface area (Å²) in [5.74, 6) is -3.75. The van der Waals surface area contributed by atoms with Crippen LogP contribution < -0.4 is 4.74 Å². The highest BCUT2D eigenvalue weighted by Gasteiger charge is 2.22. The molecule has 0 saturated heterocycles. The Morgan fingerprint density at radius 3 is 2.64 bits per heavy atom. The fourth-order valence-corrected chi connectivity index (χ4v) is 1.23. The van der Waals surface area contributed by atoms with Gasteiger partial charge in [0.05, 0.1) is 7.11 Å². The van der Waals surface area contributed by atoms with Gasteiger partial charge in [0.2, 0.25) is 0 Å². The van der Waals surface area contributed by atoms with Crippen LogP contribution in [0.1, 0.15) is 10.4 Å². The summed E-state index contributed by atoms with van der Waals surface area (Å²) in [5.41, 5.74) is -0.802. The minimum atomic E-state index is -1.57. The van der Waals surface area contributed by atoms with E-state index in [0.29, 0.717) is 0 Å². The predicted octanol–water partition coefficient (Wildman–Crippen LogP) is 1.89. The molecular weight excluding hydrogens is 215 g/mol. The van der Waals surface area contributed by atoms with Gasteiger partial charge >= 0.3 is 5.97 Å². The Labute approximate surface area is 83.5 Å². The van der Waals surface area contributed by atoms with E-state index in [-0.39, 0.29) is 10.8 Å². The van der Waals surface area contributed by atoms with Crippen LogP contribution in [-0.2, 0) is 0 Å². The third-order valence-electron chi connectivity index (χ3n) is 1.58. The molecule has 0 aliphatic carbocycles. The van der Waals surface area contributed by atoms with Crippen LogP contribution in [0.25, 0.3) is 0 Å². The number of hydrogen-bond acceptors (Lipinski definition) is 3. The van der Waals surface area contributed by atoms with Crippen molar-refractivity contribution in [2.24, 2.45) is 0 Å². The van der Waals surface area contributed by atoms with Crippen molar-refractivity contribution in [3.8, 4) is 11.5 Å². The summed E-state index contributed by atoms with van der Waals surface area (Å²) in [7, 11) is 1.23. The topological polar surface area (TPSA) is 66.8 Å². The molecule has 14 heavy (non-hydrogen) atoms. The number of carbonyl (C=O) groups is 1. The fraction of sp³-hybridized carbons (Fsp3) is 0.125. The summed E-state index contributed by atoms with van der Waals surface area (Å²) in [6.07, 6.45) is 0. The molecule has 0 aromatic heterocycles. The molecule has 4 nitrogen and oxygen atoms in total. The van der Waals surface area contributed by atoms with E-state index < -0.39 is 23.1 Å². The smallest absolute Gasteiger partial charge is 0.340 e. The van der Waals surface area contributed by atoms with Crippen molar-refractivity contribution < 1.29 is 24.1 Å². The second kappa shape index (κ2) is 3.71. The van der Waals surface area contributed by atoms with Crippen molar-refractivity contribution in [2.45, 2.75) is 0 Å². The lowest BCUT2D eigenvalue weighted by molar-refractivity contribution is 0.0690. The first-order chi connectivity index (χ1) is 6.49. The van der Waals surface area contributed by atoms with E-state index in [2.05, 4.69) is 4.74 Å². The van der Waals surface area contributed by atoms with Gasteiger partial charge < -0.3 is 14.9 Å². The maximum Gasteiger partial charge on any atom is 0.340 e. The van der Waals surface area contributed by atoms with Gasteiger partial charge in [0.15, 0.2) is 11.6 Å². The van der Waals surface area contributed by atoms with Crippen LogP contribution in [0.5, 0.6) is 11.5 Å². The van der Waals surface area contributed by atoms with Crippen LogP contribution in [0, 0.1) is 5.82 Å². The molecule has 1 aromatic carbocycles. The quantitative estimate of drug-likeness (QED) is 0.799. The first-order valence-electron chi connectivity index (χ1n) is 3.47. The molecule has 0 saturated carbocycles. The van der Waals surface area contributed by atoms with Gasteiger partial charge in [-0.1, -0.05) is 11.6 Å². The van der Waals surface area contributed by atoms with Gasteiger partial charge in [0.25, 0.3) is 0 Å². The molecule has 0 radical (unpaired) electrons. The molecule has 0 unspecified atom stereocenters. The second-order valence-corrected chi connectivity index (χ2v) is 2.78. The Bertz CT molecular complexity index is 391. The third kappa shape index (κ3) is 1.58. The van der Waals surface area contributed by atoms with Crippen molar-refractivity contribution in [1.29, 1.82) is 0 Å². The van der Waals surface area contributed by atoms with Crippen molar-refractivity contribution in [1.82, 2.24) is 0 Å². The molecule has 0 heterocycles. The summed E-state index contributed by atoms with van der Waals surface area (Å²) in [4.78, 5) is 10.6. The maximum atomic E-state index is 13.1. The number of benzene rings is 1. The molecule has 0 aliphatic heterocycles. The van der Waals surface area contributed by atoms with E-state index in [4.69, 9.17) is 21.8 Å². The number of halogens is 2. The zero-order chi connectivity index (χ0) is 10.9. The Kier molecular flexibility index (Phi) is 2.81. The van der Waals surface area contributed by atoms with E-state index in [0.717, 1.165) is 6.07 Å². The van der Waals surface area contributed by atoms with E-state index in [9.17, 15) is 9.18 Å². The van der Waals surface area contributed by atoms with Crippen molar-refractivity contribution >= 4 is 17.6 Å². The highest BCUT2D eigenvalue weighted by Crippen LogP contribution is 2.35. The predicted molar refractivity (Wildman–Crippen MR) is 46.6 cm³/mol. The van der Waals surface area contributed by atoms with Crippen molar-refractivity contribution in [3.63, 3.8) is 0 Å². The number of methoxy groups -OCH3 is 1. The second-order valence-electron chi connectivity index (χ2n) is 2.41. The average molecular weight is 221 g/mol. The monoisotopic (exact) mass is 220 g/mol. The van der Waals surface area contributed by atoms with Gasteiger partial charge in [-0.25, -0.2) is 9.18 Å². The number of aromatic hydroxyl groups is 1. The maximum absolute atomic E-state index is 13.1. The van der Waals surface area contributed by atoms with Gasteiger partial charge in [0.1, 0.15) is 16.3 Å². The van der Waals surface area contributed by atoms with Gasteiger partial charge in [-0.2, -0.15) is 0 Å². The van der Waals surface area contributed by atoms with Crippen molar-refractivity contribution in [2.75, 3.05) is 7.11 Å². The van der Waals surface area contributed by atoms with Crippen LogP contribution in [0.15, 0.2) is 6.07 Å². The molecule has 76 valence electrons. The number of carboxylic acids is 1. The van der Waals surface area contributed by atoms with Crippen LogP contribution >= 0.6 is 11.6 Å². The summed E-state index contributed by atoms with van der Waals surface area (Å²) in [6.45, 7) is 0. The first-order valence-corrected chi connectivity index (χ1v) is 3.85. The van der Waals surface area contributed by atoms with E-state index in [1.165, 1.54) is 7.11 Å². The highest BCUT2D eigenvalue weighted by molar-refractivity contribution is 6.35. The molecule has 0 amide bonds. The lowest BCUT2D eigenvalue weighted by atomic mass is 10.2. The molecule has 0 bridgehead atoms. The summed E-state index contributed by atoms with van der Waals surface area (Å²) < 4.78 is 17.7. The van der Waals surface area contributed by atoms with E-state index in [1.54, 1.807) is 0 Å². The van der Waals surface area contributed by atoms with Crippen LogP contribution in [0.2, 0.25) is 5.02 Å². The lowest BCUT2D eigenvalue weighted by Gasteiger charge is -2.07. The van der Waals surface area contributed by atoms with Gasteiger partial charge in [-0.3, -0.25) is 0 Å². The van der Waals surface area contributed by atoms with Gasteiger partial charge in [-0.15, -0.1) is 0 Å². The standard InChI is InChI=1S/C8H6ClFO4/c1-14-4-2-3(11)7(10)5(6(4)9)8(12)13/h2,11H,1H3,(H,12,13). The van der Waals surface area contributed by atoms with Crippen molar-refractivity contribution in [3.05, 3.63) is 22.5 Å². The Morgan fingerprint density at radius 1 is 1.64 bits per heavy atom. The molecule has 1 rings (SSSR count). The molecule has 0 atom stereocenters. The number of rotatable bonds is 2. The highest BCUT2D eigenvalue weighted by atomic mass is 35.5. The number of carboxylic acid groups (broad SMARTS) is 1. The number of hydrogen-bond donors (Lipinski definition) is 2. The largest absolute Gasteiger partial charge is 0.505 e. The summed E-state index contributed by atoms with van der Waals surface area (Å²) in [6, 6.07) is 0.907. The SMILES string of the molecule is COc1cc(O)c(F)c(C(=O)O)c1Cl. The minimum absolute atomic E-state index is 0.0945. The van der Waals surface area contributed by atoms with Gasteiger partial charge in [-0.05, 0) is 0 Å². The molecule has 1 aromatic rings. The fourth-order valence-electron chi connectivity index (χ4n) is 0.935. The van der Waals surface area contributed by atoms with Gasteiger partial charge in [0, 0.05) is 6.07 Å². The average Bonchev–Trinajstić information content (AvgIpc) is 2.11. The molecule has 0 spiro atoms. The van der Waals surface area contributed by atoms with E-state index >= 15 is 0 Å². The summed E-state index contributed by atoms with van der Waals surface area (Å²) in [5, 5.41) is 17.2. The Morgan fingerprint density at radius 2 is 2.21 bits per heavy atom. The number of aromatic carboxylic acids is 1. The molecule has 6 heteroatoms. The lowest BCUT2D eigenvalue weighted by Crippen LogP contribution is -2.03. The minimum Gasteiger partial charge on any atom is -0.505 e.